The molecule has 7 rings (SSSR count). The zero-order chi connectivity index (χ0) is 35.8. The first-order valence-corrected chi connectivity index (χ1v) is 20.8. The van der Waals surface area contributed by atoms with Crippen molar-refractivity contribution in [3.05, 3.63) is 58.1 Å². The normalized spacial score (nSPS) is 32.5. The average molecular weight is 738 g/mol. The highest BCUT2D eigenvalue weighted by molar-refractivity contribution is 7.90. The van der Waals surface area contributed by atoms with Gasteiger partial charge in [-0.2, -0.15) is 0 Å². The lowest BCUT2D eigenvalue weighted by molar-refractivity contribution is -0.0449. The number of sulfonamides is 1. The van der Waals surface area contributed by atoms with Crippen LogP contribution in [0.3, 0.4) is 0 Å². The molecule has 2 fully saturated rings. The summed E-state index contributed by atoms with van der Waals surface area (Å²) in [5.74, 6) is 6.73. The van der Waals surface area contributed by atoms with E-state index in [0.717, 1.165) is 75.7 Å². The first-order chi connectivity index (χ1) is 24.5. The van der Waals surface area contributed by atoms with E-state index in [1.807, 2.05) is 13.0 Å². The topological polar surface area (TPSA) is 108 Å². The Kier molecular flexibility index (Phi) is 10.7. The van der Waals surface area contributed by atoms with Gasteiger partial charge in [-0.15, -0.1) is 0 Å². The van der Waals surface area contributed by atoms with Gasteiger partial charge in [0.25, 0.3) is 5.91 Å². The Morgan fingerprint density at radius 1 is 1.06 bits per heavy atom. The van der Waals surface area contributed by atoms with Crippen LogP contribution in [0.2, 0.25) is 5.02 Å². The second kappa shape index (κ2) is 14.9. The van der Waals surface area contributed by atoms with Gasteiger partial charge in [0.05, 0.1) is 30.8 Å². The number of halogens is 1. The van der Waals surface area contributed by atoms with E-state index in [4.69, 9.17) is 21.1 Å². The number of nitrogens with one attached hydrogen (secondary N) is 1. The van der Waals surface area contributed by atoms with Gasteiger partial charge in [-0.1, -0.05) is 36.4 Å². The van der Waals surface area contributed by atoms with E-state index in [2.05, 4.69) is 38.5 Å². The monoisotopic (exact) mass is 737 g/mol. The zero-order valence-corrected chi connectivity index (χ0v) is 31.5. The van der Waals surface area contributed by atoms with Crippen LogP contribution >= 0.6 is 11.6 Å². The Bertz CT molecular complexity index is 1790. The maximum absolute atomic E-state index is 13.6. The summed E-state index contributed by atoms with van der Waals surface area (Å²) in [7, 11) is -3.96. The van der Waals surface area contributed by atoms with Gasteiger partial charge < -0.3 is 19.5 Å². The van der Waals surface area contributed by atoms with Gasteiger partial charge in [-0.05, 0) is 112 Å². The zero-order valence-electron chi connectivity index (χ0n) is 30.0. The van der Waals surface area contributed by atoms with Crippen LogP contribution in [0.4, 0.5) is 5.69 Å². The number of nitrogens with zero attached hydrogens (tertiary/aromatic N) is 2. The third kappa shape index (κ3) is 7.66. The number of carbonyl (C=O) groups excluding carboxylic acids is 1. The van der Waals surface area contributed by atoms with E-state index < -0.39 is 26.8 Å². The largest absolute Gasteiger partial charge is 0.490 e. The summed E-state index contributed by atoms with van der Waals surface area (Å²) in [6.07, 6.45) is 7.15. The summed E-state index contributed by atoms with van der Waals surface area (Å²) in [5, 5.41) is 12.4. The summed E-state index contributed by atoms with van der Waals surface area (Å²) < 4.78 is 41.5. The maximum Gasteiger partial charge on any atom is 0.264 e. The second-order valence-corrected chi connectivity index (χ2v) is 18.2. The molecule has 2 aromatic rings. The van der Waals surface area contributed by atoms with Gasteiger partial charge in [0, 0.05) is 61.1 Å². The number of ether oxygens (including phenoxy) is 2. The van der Waals surface area contributed by atoms with Crippen molar-refractivity contribution in [3.8, 4) is 17.6 Å². The molecule has 1 saturated heterocycles. The number of anilines is 1. The molecule has 0 unspecified atom stereocenters. The number of hydrogen-bond donors (Lipinski definition) is 2. The van der Waals surface area contributed by atoms with Crippen molar-refractivity contribution in [1.29, 1.82) is 0 Å². The van der Waals surface area contributed by atoms with Gasteiger partial charge >= 0.3 is 0 Å². The minimum Gasteiger partial charge on any atom is -0.490 e. The first-order valence-electron chi connectivity index (χ1n) is 18.9. The molecule has 51 heavy (non-hydrogen) atoms. The van der Waals surface area contributed by atoms with Crippen molar-refractivity contribution >= 4 is 33.2 Å². The van der Waals surface area contributed by atoms with Crippen molar-refractivity contribution < 1.29 is 27.8 Å². The number of benzene rings is 2. The number of amides is 1. The highest BCUT2D eigenvalue weighted by atomic mass is 35.5. The smallest absolute Gasteiger partial charge is 0.264 e. The van der Waals surface area contributed by atoms with Crippen LogP contribution in [0, 0.1) is 29.6 Å². The Hall–Kier alpha value is -2.81. The summed E-state index contributed by atoms with van der Waals surface area (Å²) in [4.78, 5) is 18.3. The second-order valence-electron chi connectivity index (χ2n) is 15.7. The molecule has 6 atom stereocenters. The first kappa shape index (κ1) is 36.5. The standard InChI is InChI=1S/C40H52ClN3O6S/c1-28-7-5-17-40(46,16-3-4-18-43-19-21-49-22-20-43)35-12-9-32(35)25-44-26-39(15-6-8-30-23-33(41)11-13-34(30)39)27-50-37-14-10-31(24-36(37)44)38(45)42-51(47,48)29(28)2/h10-11,13-14,23-24,28-29,32,35,46H,4-9,12,15,17-22,25-27H2,1-2H3,(H,42,45)/t28-,29+,32-,35+,39-,40+/m0/s1. The van der Waals surface area contributed by atoms with Crippen LogP contribution < -0.4 is 14.4 Å². The van der Waals surface area contributed by atoms with Crippen LogP contribution in [0.1, 0.15) is 86.7 Å². The lowest BCUT2D eigenvalue weighted by atomic mass is 9.63. The molecule has 1 spiro atoms. The van der Waals surface area contributed by atoms with Crippen LogP contribution in [-0.2, 0) is 26.6 Å². The minimum absolute atomic E-state index is 0.0229. The van der Waals surface area contributed by atoms with E-state index in [-0.39, 0.29) is 28.7 Å². The molecule has 0 radical (unpaired) electrons. The Morgan fingerprint density at radius 2 is 1.88 bits per heavy atom. The van der Waals surface area contributed by atoms with Crippen molar-refractivity contribution in [2.75, 3.05) is 57.4 Å². The number of aryl methyl sites for hydroxylation is 1. The molecule has 1 saturated carbocycles. The third-order valence-electron chi connectivity index (χ3n) is 12.5. The molecule has 2 bridgehead atoms. The number of morpholine rings is 1. The fraction of sp³-hybridized carbons (Fsp3) is 0.625. The van der Waals surface area contributed by atoms with E-state index in [1.54, 1.807) is 25.1 Å². The van der Waals surface area contributed by atoms with E-state index in [9.17, 15) is 18.3 Å². The molecule has 9 nitrogen and oxygen atoms in total. The number of aliphatic hydroxyl groups is 1. The van der Waals surface area contributed by atoms with Crippen molar-refractivity contribution in [2.45, 2.75) is 87.9 Å². The Labute approximate surface area is 308 Å². The molecule has 2 aliphatic carbocycles. The highest BCUT2D eigenvalue weighted by Crippen LogP contribution is 2.49. The molecule has 276 valence electrons. The fourth-order valence-corrected chi connectivity index (χ4v) is 10.6. The minimum atomic E-state index is -3.96. The van der Waals surface area contributed by atoms with Crippen molar-refractivity contribution in [3.63, 3.8) is 0 Å². The SMILES string of the molecule is C[C@@H]1[C@@H](C)CCC[C@](O)(C#CCCN2CCOCC2)[C@@H]2CC[C@H]2CN2C[C@@]3(CCCc4cc(Cl)ccc43)COc3ccc(cc32)C(=O)NS1(=O)=O. The molecule has 11 heteroatoms. The van der Waals surface area contributed by atoms with Gasteiger partial charge in [0.1, 0.15) is 11.4 Å². The summed E-state index contributed by atoms with van der Waals surface area (Å²) in [6.45, 7) is 9.50. The van der Waals surface area contributed by atoms with Crippen LogP contribution in [-0.4, -0.2) is 87.7 Å². The van der Waals surface area contributed by atoms with Gasteiger partial charge in [0.15, 0.2) is 0 Å². The van der Waals surface area contributed by atoms with Crippen LogP contribution in [0.15, 0.2) is 36.4 Å². The molecule has 3 heterocycles. The maximum atomic E-state index is 13.6. The van der Waals surface area contributed by atoms with E-state index in [1.165, 1.54) is 11.1 Å². The van der Waals surface area contributed by atoms with E-state index >= 15 is 0 Å². The molecule has 2 N–H and O–H groups in total. The molecule has 0 aromatic heterocycles. The predicted octanol–water partition coefficient (Wildman–Crippen LogP) is 5.56. The van der Waals surface area contributed by atoms with E-state index in [0.29, 0.717) is 51.1 Å². The summed E-state index contributed by atoms with van der Waals surface area (Å²) >= 11 is 6.46. The molecule has 1 amide bonds. The number of hydrogen-bond acceptors (Lipinski definition) is 8. The molecular formula is C40H52ClN3O6S. The van der Waals surface area contributed by atoms with Crippen molar-refractivity contribution in [2.24, 2.45) is 17.8 Å². The Balaban J connectivity index is 1.25. The lowest BCUT2D eigenvalue weighted by Gasteiger charge is -2.48. The molecular weight excluding hydrogens is 686 g/mol. The fourth-order valence-electron chi connectivity index (χ4n) is 9.06. The highest BCUT2D eigenvalue weighted by Gasteiger charge is 2.48. The van der Waals surface area contributed by atoms with Gasteiger partial charge in [-0.25, -0.2) is 13.1 Å². The van der Waals surface area contributed by atoms with Gasteiger partial charge in [0.2, 0.25) is 10.0 Å². The van der Waals surface area contributed by atoms with Crippen molar-refractivity contribution in [1.82, 2.24) is 9.62 Å². The quantitative estimate of drug-likeness (QED) is 0.386. The molecule has 3 aliphatic heterocycles. The number of rotatable bonds is 2. The summed E-state index contributed by atoms with van der Waals surface area (Å²) in [5.41, 5.74) is 2.06. The summed E-state index contributed by atoms with van der Waals surface area (Å²) in [6, 6.07) is 11.4. The number of fused-ring (bicyclic) bond motifs is 4. The van der Waals surface area contributed by atoms with Crippen LogP contribution in [0.5, 0.6) is 5.75 Å². The molecule has 2 aromatic carbocycles. The average Bonchev–Trinajstić information content (AvgIpc) is 3.24. The number of carbonyl (C=O) groups is 1. The molecule has 5 aliphatic rings. The predicted molar refractivity (Wildman–Crippen MR) is 200 cm³/mol. The lowest BCUT2D eigenvalue weighted by Crippen LogP contribution is -2.52. The van der Waals surface area contributed by atoms with Gasteiger partial charge in [-0.3, -0.25) is 9.69 Å². The third-order valence-corrected chi connectivity index (χ3v) is 14.6. The van der Waals surface area contributed by atoms with Crippen LogP contribution in [0.25, 0.3) is 0 Å². The Morgan fingerprint density at radius 3 is 2.67 bits per heavy atom.